The molecule has 0 radical (unpaired) electrons. The van der Waals surface area contributed by atoms with Crippen LogP contribution in [0.15, 0.2) is 4.36 Å². The molecule has 4 bridgehead atoms. The van der Waals surface area contributed by atoms with E-state index in [9.17, 15) is 26.3 Å². The van der Waals surface area contributed by atoms with E-state index in [2.05, 4.69) is 4.36 Å². The van der Waals surface area contributed by atoms with Gasteiger partial charge in [-0.15, -0.1) is 0 Å². The first-order valence-corrected chi connectivity index (χ1v) is 7.75. The van der Waals surface area contributed by atoms with E-state index in [4.69, 9.17) is 0 Å². The van der Waals surface area contributed by atoms with E-state index in [0.717, 1.165) is 19.3 Å². The van der Waals surface area contributed by atoms with Gasteiger partial charge in [-0.1, -0.05) is 0 Å². The van der Waals surface area contributed by atoms with Crippen LogP contribution in [-0.2, 0) is 11.1 Å². The molecular weight excluding hydrogens is 316 g/mol. The monoisotopic (exact) mass is 331 g/mol. The van der Waals surface area contributed by atoms with Crippen LogP contribution in [0, 0.1) is 17.8 Å². The third-order valence-electron chi connectivity index (χ3n) is 4.85. The van der Waals surface area contributed by atoms with Crippen molar-refractivity contribution in [3.8, 4) is 0 Å². The Morgan fingerprint density at radius 3 is 1.52 bits per heavy atom. The van der Waals surface area contributed by atoms with E-state index >= 15 is 0 Å². The molecule has 1 nitrogen and oxygen atoms in total. The van der Waals surface area contributed by atoms with E-state index in [0.29, 0.717) is 37.0 Å². The number of hydrogen-bond donors (Lipinski definition) is 0. The zero-order valence-corrected chi connectivity index (χ0v) is 11.9. The highest BCUT2D eigenvalue weighted by Gasteiger charge is 2.54. The fourth-order valence-electron chi connectivity index (χ4n) is 4.58. The molecule has 0 atom stereocenters. The molecule has 4 aliphatic rings. The first-order chi connectivity index (χ1) is 9.57. The number of nitrogens with zero attached hydrogens (tertiary/aromatic N) is 1. The molecule has 0 aromatic rings. The molecule has 0 aromatic carbocycles. The molecule has 4 saturated carbocycles. The third kappa shape index (κ3) is 3.00. The first kappa shape index (κ1) is 15.4. The summed E-state index contributed by atoms with van der Waals surface area (Å²) >= 11 is -0.384. The summed E-state index contributed by atoms with van der Waals surface area (Å²) < 4.78 is 79.1. The van der Waals surface area contributed by atoms with Crippen molar-refractivity contribution in [2.75, 3.05) is 0 Å². The summed E-state index contributed by atoms with van der Waals surface area (Å²) in [4.78, 5) is -2.45. The van der Waals surface area contributed by atoms with Crippen molar-refractivity contribution < 1.29 is 26.3 Å². The number of hydrogen-bond acceptors (Lipinski definition) is 1. The van der Waals surface area contributed by atoms with Crippen molar-refractivity contribution >= 4 is 16.0 Å². The van der Waals surface area contributed by atoms with Gasteiger partial charge in [0.1, 0.15) is 0 Å². The van der Waals surface area contributed by atoms with Gasteiger partial charge in [0.2, 0.25) is 4.86 Å². The average molecular weight is 331 g/mol. The molecule has 0 amide bonds. The lowest BCUT2D eigenvalue weighted by atomic mass is 9.53. The quantitative estimate of drug-likeness (QED) is 0.495. The molecule has 0 N–H and O–H groups in total. The van der Waals surface area contributed by atoms with Crippen LogP contribution in [0.5, 0.6) is 0 Å². The molecule has 120 valence electrons. The van der Waals surface area contributed by atoms with Crippen LogP contribution < -0.4 is 0 Å². The fraction of sp³-hybridized carbons (Fsp3) is 0.923. The molecule has 0 heterocycles. The summed E-state index contributed by atoms with van der Waals surface area (Å²) in [5.74, 6) is 1.29. The van der Waals surface area contributed by atoms with E-state index in [1.165, 1.54) is 0 Å². The van der Waals surface area contributed by atoms with Gasteiger partial charge < -0.3 is 0 Å². The van der Waals surface area contributed by atoms with Crippen molar-refractivity contribution in [3.05, 3.63) is 0 Å². The number of halogens is 6. The summed E-state index contributed by atoms with van der Waals surface area (Å²) in [5, 5.41) is 0. The predicted octanol–water partition coefficient (Wildman–Crippen LogP) is 4.52. The fourth-order valence-corrected chi connectivity index (χ4v) is 5.30. The Labute approximate surface area is 121 Å². The van der Waals surface area contributed by atoms with Crippen molar-refractivity contribution in [3.63, 3.8) is 0 Å². The van der Waals surface area contributed by atoms with Crippen LogP contribution in [0.1, 0.15) is 38.5 Å². The van der Waals surface area contributed by atoms with Crippen molar-refractivity contribution in [2.24, 2.45) is 22.1 Å². The van der Waals surface area contributed by atoms with E-state index in [-0.39, 0.29) is 11.1 Å². The molecule has 0 saturated heterocycles. The first-order valence-electron chi connectivity index (χ1n) is 6.98. The molecule has 0 unspecified atom stereocenters. The van der Waals surface area contributed by atoms with Gasteiger partial charge in [-0.05, 0) is 67.4 Å². The highest BCUT2D eigenvalue weighted by Crippen LogP contribution is 2.57. The van der Waals surface area contributed by atoms with Crippen LogP contribution in [0.3, 0.4) is 0 Å². The van der Waals surface area contributed by atoms with Crippen molar-refractivity contribution in [2.45, 2.75) is 56.4 Å². The summed E-state index contributed by atoms with van der Waals surface area (Å²) in [6.45, 7) is 0. The smallest absolute Gasteiger partial charge is 0.223 e. The third-order valence-corrected chi connectivity index (χ3v) is 5.98. The molecule has 0 aromatic heterocycles. The van der Waals surface area contributed by atoms with Crippen LogP contribution >= 0.6 is 0 Å². The van der Waals surface area contributed by atoms with Crippen molar-refractivity contribution in [1.29, 1.82) is 0 Å². The Bertz CT molecular complexity index is 448. The maximum atomic E-state index is 12.5. The normalized spacial score (nSPS) is 38.5. The van der Waals surface area contributed by atoms with Gasteiger partial charge in [0.05, 0.1) is 5.54 Å². The summed E-state index contributed by atoms with van der Waals surface area (Å²) in [6, 6.07) is 0. The zero-order valence-electron chi connectivity index (χ0n) is 11.1. The Hall–Kier alpha value is -0.530. The maximum Gasteiger partial charge on any atom is 0.432 e. The molecule has 8 heteroatoms. The van der Waals surface area contributed by atoms with Gasteiger partial charge in [-0.2, -0.15) is 26.3 Å². The molecule has 21 heavy (non-hydrogen) atoms. The minimum absolute atomic E-state index is 0.384. The van der Waals surface area contributed by atoms with Crippen LogP contribution in [0.25, 0.3) is 0 Å². The maximum absolute atomic E-state index is 12.5. The summed E-state index contributed by atoms with van der Waals surface area (Å²) in [5.41, 5.74) is -0.666. The molecule has 0 spiro atoms. The summed E-state index contributed by atoms with van der Waals surface area (Å²) in [6.07, 6.45) is -5.65. The Balaban J connectivity index is 1.95. The van der Waals surface area contributed by atoms with Gasteiger partial charge in [-0.3, -0.25) is 0 Å². The number of alkyl halides is 6. The summed E-state index contributed by atoms with van der Waals surface area (Å²) in [7, 11) is 0. The van der Waals surface area contributed by atoms with E-state index < -0.39 is 22.8 Å². The van der Waals surface area contributed by atoms with Gasteiger partial charge >= 0.3 is 12.4 Å². The minimum atomic E-state index is -5.39. The second kappa shape index (κ2) is 4.73. The highest BCUT2D eigenvalue weighted by atomic mass is 32.1. The lowest BCUT2D eigenvalue weighted by Gasteiger charge is -2.54. The van der Waals surface area contributed by atoms with Gasteiger partial charge in [0.15, 0.2) is 0 Å². The van der Waals surface area contributed by atoms with Gasteiger partial charge in [0.25, 0.3) is 0 Å². The van der Waals surface area contributed by atoms with Crippen LogP contribution in [-0.4, -0.2) is 22.8 Å². The minimum Gasteiger partial charge on any atom is -0.223 e. The SMILES string of the molecule is FC(F)(F)C(=S=NC12CC3CC(CC(C3)C1)C2)C(F)(F)F. The van der Waals surface area contributed by atoms with Gasteiger partial charge in [-0.25, -0.2) is 4.36 Å². The van der Waals surface area contributed by atoms with Crippen LogP contribution in [0.4, 0.5) is 26.3 Å². The Kier molecular flexibility index (Phi) is 3.46. The molecule has 4 aliphatic carbocycles. The lowest BCUT2D eigenvalue weighted by Crippen LogP contribution is -2.49. The largest absolute Gasteiger partial charge is 0.432 e. The van der Waals surface area contributed by atoms with Gasteiger partial charge in [0, 0.05) is 0 Å². The molecular formula is C13H15F6NS. The standard InChI is InChI=1S/C13H15F6NS/c14-12(15,16)10(13(17,18)19)21-20-11-4-7-1-8(5-11)3-9(2-7)6-11/h7-9H,1-6H2. The topological polar surface area (TPSA) is 12.4 Å². The Morgan fingerprint density at radius 2 is 1.19 bits per heavy atom. The van der Waals surface area contributed by atoms with E-state index in [1.807, 2.05) is 0 Å². The van der Waals surface area contributed by atoms with E-state index in [1.54, 1.807) is 0 Å². The van der Waals surface area contributed by atoms with Crippen molar-refractivity contribution in [1.82, 2.24) is 0 Å². The number of rotatable bonds is 1. The molecule has 0 aliphatic heterocycles. The zero-order chi connectivity index (χ0) is 15.5. The molecule has 4 rings (SSSR count). The highest BCUT2D eigenvalue weighted by molar-refractivity contribution is 7.69. The second-order valence-electron chi connectivity index (χ2n) is 6.65. The van der Waals surface area contributed by atoms with Crippen LogP contribution in [0.2, 0.25) is 0 Å². The Morgan fingerprint density at radius 1 is 0.810 bits per heavy atom. The molecule has 4 fully saturated rings. The predicted molar refractivity (Wildman–Crippen MR) is 67.8 cm³/mol. The average Bonchev–Trinajstić information content (AvgIpc) is 2.22. The lowest BCUT2D eigenvalue weighted by molar-refractivity contribution is -0.113. The second-order valence-corrected chi connectivity index (χ2v) is 7.42.